The molecule has 0 amide bonds. The van der Waals surface area contributed by atoms with Crippen molar-refractivity contribution in [1.29, 1.82) is 0 Å². The fourth-order valence-corrected chi connectivity index (χ4v) is 10.0. The number of para-hydroxylation sites is 6. The predicted octanol–water partition coefficient (Wildman–Crippen LogP) is 12.8. The Hall–Kier alpha value is -7.19. The minimum Gasteiger partial charge on any atom is -0.456 e. The van der Waals surface area contributed by atoms with Crippen molar-refractivity contribution in [2.75, 3.05) is 18.4 Å². The minimum atomic E-state index is -4.03. The Morgan fingerprint density at radius 1 is 0.557 bits per heavy atom. The molecule has 0 aliphatic carbocycles. The number of ether oxygens (including phenoxy) is 1. The first kappa shape index (κ1) is 38.0. The van der Waals surface area contributed by atoms with Gasteiger partial charge in [0.15, 0.2) is 5.78 Å². The van der Waals surface area contributed by atoms with E-state index in [0.717, 1.165) is 72.0 Å². The number of pyridine rings is 2. The number of hydrogen-bond acceptors (Lipinski definition) is 8. The number of nitrogens with zero attached hydrogens (tertiary/aromatic N) is 3. The number of benzene rings is 7. The van der Waals surface area contributed by atoms with Crippen LogP contribution in [0.4, 0.5) is 5.69 Å². The number of nitrogens with one attached hydrogen (secondary N) is 2. The maximum Gasteiger partial charge on any atom is 0.452 e. The van der Waals surface area contributed by atoms with Crippen LogP contribution < -0.4 is 24.4 Å². The van der Waals surface area contributed by atoms with Gasteiger partial charge in [-0.3, -0.25) is 5.32 Å². The summed E-state index contributed by atoms with van der Waals surface area (Å²) in [5.41, 5.74) is 6.49. The summed E-state index contributed by atoms with van der Waals surface area (Å²) in [6.45, 7) is 1.15. The van der Waals surface area contributed by atoms with E-state index in [4.69, 9.17) is 23.8 Å². The molecule has 0 saturated carbocycles. The van der Waals surface area contributed by atoms with Gasteiger partial charge in [-0.25, -0.2) is 14.5 Å². The second-order valence-electron chi connectivity index (χ2n) is 14.9. The highest BCUT2D eigenvalue weighted by atomic mass is 31.2. The Labute approximate surface area is 353 Å². The summed E-state index contributed by atoms with van der Waals surface area (Å²) >= 11 is 0. The molecule has 0 bridgehead atoms. The zero-order valence-corrected chi connectivity index (χ0v) is 34.3. The first-order chi connectivity index (χ1) is 30.0. The lowest BCUT2D eigenvalue weighted by Crippen LogP contribution is -2.27. The van der Waals surface area contributed by atoms with Crippen molar-refractivity contribution in [2.24, 2.45) is 7.05 Å². The van der Waals surface area contributed by atoms with Crippen LogP contribution in [0, 0.1) is 0 Å². The third-order valence-electron chi connectivity index (χ3n) is 10.9. The molecule has 0 saturated heterocycles. The maximum atomic E-state index is 15.5. The first-order valence-corrected chi connectivity index (χ1v) is 22.0. The van der Waals surface area contributed by atoms with Gasteiger partial charge in [-0.05, 0) is 85.3 Å². The molecular formula is C51H42N5O4P. The molecule has 1 aromatic heterocycles. The Kier molecular flexibility index (Phi) is 10.3. The van der Waals surface area contributed by atoms with E-state index < -0.39 is 13.4 Å². The van der Waals surface area contributed by atoms with E-state index >= 15 is 4.57 Å². The molecule has 0 radical (unpaired) electrons. The molecule has 2 aliphatic heterocycles. The molecular weight excluding hydrogens is 778 g/mol. The summed E-state index contributed by atoms with van der Waals surface area (Å²) in [5.74, 6) is 2.22. The second kappa shape index (κ2) is 16.5. The van der Waals surface area contributed by atoms with Gasteiger partial charge < -0.3 is 23.7 Å². The number of fused-ring (bicyclic) bond motifs is 6. The molecule has 1 atom stereocenters. The zero-order chi connectivity index (χ0) is 41.2. The van der Waals surface area contributed by atoms with Crippen molar-refractivity contribution in [2.45, 2.75) is 12.2 Å². The SMILES string of the molecule is Cn1c2nc3ccccc3c-2c(Oc2ccc(C(NCCCNc3c4ccccc4nc4ccccc34)P(=O)(Oc3ccccc3)Oc3ccccc3)cc2)c2ccccc21. The quantitative estimate of drug-likeness (QED) is 0.0636. The third kappa shape index (κ3) is 7.50. The van der Waals surface area contributed by atoms with Crippen molar-refractivity contribution in [1.82, 2.24) is 19.9 Å². The first-order valence-electron chi connectivity index (χ1n) is 20.4. The molecule has 3 heterocycles. The van der Waals surface area contributed by atoms with Crippen molar-refractivity contribution >= 4 is 56.9 Å². The highest BCUT2D eigenvalue weighted by molar-refractivity contribution is 7.55. The Balaban J connectivity index is 0.978. The van der Waals surface area contributed by atoms with Crippen LogP contribution >= 0.6 is 7.60 Å². The number of aryl methyl sites for hydroxylation is 1. The summed E-state index contributed by atoms with van der Waals surface area (Å²) in [6, 6.07) is 58.7. The van der Waals surface area contributed by atoms with E-state index in [0.29, 0.717) is 36.8 Å². The van der Waals surface area contributed by atoms with Crippen LogP contribution in [0.3, 0.4) is 0 Å². The largest absolute Gasteiger partial charge is 0.456 e. The summed E-state index contributed by atoms with van der Waals surface area (Å²) in [6.07, 6.45) is 0.704. The molecule has 10 heteroatoms. The standard InChI is InChI=1S/C51H42N5O4P/c1-56-46-28-15-11-24-42(46)49(47-39-21-8-12-25-43(39)55-50(47)56)58-36-31-29-35(30-32-36)51(61(57,59-37-17-4-2-5-18-37)60-38-19-6-3-7-20-38)53-34-16-33-52-48-40-22-9-13-26-44(40)54-45-27-14-10-23-41(45)48/h2-15,17-32,51,53H,16,33-34H2,1H3,(H,52,54). The topological polar surface area (TPSA) is 99.5 Å². The van der Waals surface area contributed by atoms with Crippen LogP contribution in [0.1, 0.15) is 17.8 Å². The average Bonchev–Trinajstić information content (AvgIpc) is 3.70. The van der Waals surface area contributed by atoms with Gasteiger partial charge in [0, 0.05) is 35.1 Å². The Bertz CT molecular complexity index is 3060. The fourth-order valence-electron chi connectivity index (χ4n) is 8.05. The molecule has 61 heavy (non-hydrogen) atoms. The molecule has 0 fully saturated rings. The lowest BCUT2D eigenvalue weighted by atomic mass is 10.1. The molecule has 7 aromatic carbocycles. The van der Waals surface area contributed by atoms with Crippen molar-refractivity contribution < 1.29 is 18.3 Å². The van der Waals surface area contributed by atoms with E-state index in [1.807, 2.05) is 134 Å². The summed E-state index contributed by atoms with van der Waals surface area (Å²) in [7, 11) is -1.99. The van der Waals surface area contributed by atoms with Gasteiger partial charge in [0.25, 0.3) is 0 Å². The molecule has 10 rings (SSSR count). The van der Waals surface area contributed by atoms with Crippen LogP contribution in [-0.4, -0.2) is 27.6 Å². The molecule has 2 aliphatic rings. The lowest BCUT2D eigenvalue weighted by Gasteiger charge is -2.29. The van der Waals surface area contributed by atoms with E-state index in [1.165, 1.54) is 0 Å². The molecule has 300 valence electrons. The molecule has 1 unspecified atom stereocenters. The highest BCUT2D eigenvalue weighted by Gasteiger charge is 2.40. The van der Waals surface area contributed by atoms with Crippen LogP contribution in [-0.2, 0) is 11.6 Å². The van der Waals surface area contributed by atoms with E-state index in [-0.39, 0.29) is 0 Å². The molecule has 2 N–H and O–H groups in total. The summed E-state index contributed by atoms with van der Waals surface area (Å²) < 4.78 is 37.2. The van der Waals surface area contributed by atoms with Crippen molar-refractivity contribution in [3.05, 3.63) is 188 Å². The van der Waals surface area contributed by atoms with Crippen molar-refractivity contribution in [3.63, 3.8) is 0 Å². The number of aromatic nitrogens is 3. The van der Waals surface area contributed by atoms with Gasteiger partial charge in [0.2, 0.25) is 0 Å². The maximum absolute atomic E-state index is 15.5. The van der Waals surface area contributed by atoms with Gasteiger partial charge in [-0.2, -0.15) is 0 Å². The van der Waals surface area contributed by atoms with Crippen LogP contribution in [0.15, 0.2) is 182 Å². The lowest BCUT2D eigenvalue weighted by molar-refractivity contribution is 0.361. The number of anilines is 1. The normalized spacial score (nSPS) is 12.3. The molecule has 8 aromatic rings. The smallest absolute Gasteiger partial charge is 0.452 e. The fraction of sp³-hybridized carbons (Fsp3) is 0.0980. The Morgan fingerprint density at radius 3 is 1.70 bits per heavy atom. The minimum absolute atomic E-state index is 0.440. The predicted molar refractivity (Wildman–Crippen MR) is 246 cm³/mol. The highest BCUT2D eigenvalue weighted by Crippen LogP contribution is 2.59. The van der Waals surface area contributed by atoms with Gasteiger partial charge in [-0.15, -0.1) is 0 Å². The van der Waals surface area contributed by atoms with E-state index in [2.05, 4.69) is 45.5 Å². The molecule has 9 nitrogen and oxygen atoms in total. The van der Waals surface area contributed by atoms with Gasteiger partial charge in [-0.1, -0.05) is 115 Å². The Morgan fingerprint density at radius 2 is 1.08 bits per heavy atom. The van der Waals surface area contributed by atoms with Crippen LogP contribution in [0.25, 0.3) is 55.0 Å². The van der Waals surface area contributed by atoms with E-state index in [1.54, 1.807) is 24.3 Å². The molecule has 0 spiro atoms. The summed E-state index contributed by atoms with van der Waals surface area (Å²) in [4.78, 5) is 9.87. The number of hydrogen-bond donors (Lipinski definition) is 2. The van der Waals surface area contributed by atoms with E-state index in [9.17, 15) is 0 Å². The zero-order valence-electron chi connectivity index (χ0n) is 33.4. The average molecular weight is 820 g/mol. The van der Waals surface area contributed by atoms with Crippen molar-refractivity contribution in [3.8, 4) is 34.4 Å². The van der Waals surface area contributed by atoms with Gasteiger partial charge in [0.1, 0.15) is 28.8 Å². The van der Waals surface area contributed by atoms with Gasteiger partial charge in [0.05, 0.1) is 33.3 Å². The summed E-state index contributed by atoms with van der Waals surface area (Å²) in [5, 5.41) is 11.4. The van der Waals surface area contributed by atoms with Crippen LogP contribution in [0.5, 0.6) is 23.0 Å². The second-order valence-corrected chi connectivity index (χ2v) is 16.9. The third-order valence-corrected chi connectivity index (χ3v) is 13.0. The van der Waals surface area contributed by atoms with Gasteiger partial charge >= 0.3 is 7.60 Å². The van der Waals surface area contributed by atoms with Crippen LogP contribution in [0.2, 0.25) is 0 Å². The number of rotatable bonds is 14. The monoisotopic (exact) mass is 819 g/mol.